The van der Waals surface area contributed by atoms with E-state index in [0.29, 0.717) is 0 Å². The summed E-state index contributed by atoms with van der Waals surface area (Å²) < 4.78 is 2.34. The maximum Gasteiger partial charge on any atom is 0.108 e. The second-order valence-corrected chi connectivity index (χ2v) is 5.16. The van der Waals surface area contributed by atoms with E-state index in [2.05, 4.69) is 35.0 Å². The summed E-state index contributed by atoms with van der Waals surface area (Å²) in [6, 6.07) is 0.744. The van der Waals surface area contributed by atoms with Crippen molar-refractivity contribution in [2.75, 3.05) is 7.05 Å². The molecule has 1 fully saturated rings. The van der Waals surface area contributed by atoms with Gasteiger partial charge in [-0.2, -0.15) is 0 Å². The van der Waals surface area contributed by atoms with Crippen LogP contribution in [0.4, 0.5) is 0 Å². The van der Waals surface area contributed by atoms with Crippen LogP contribution in [0, 0.1) is 5.92 Å². The van der Waals surface area contributed by atoms with Crippen LogP contribution in [0.25, 0.3) is 0 Å². The van der Waals surface area contributed by atoms with Crippen molar-refractivity contribution in [3.05, 3.63) is 18.2 Å². The summed E-state index contributed by atoms with van der Waals surface area (Å²) >= 11 is 0. The Morgan fingerprint density at radius 2 is 2.35 bits per heavy atom. The molecular formula is C14H25N3. The topological polar surface area (TPSA) is 29.9 Å². The van der Waals surface area contributed by atoms with Crippen LogP contribution in [-0.2, 0) is 13.0 Å². The van der Waals surface area contributed by atoms with E-state index < -0.39 is 0 Å². The summed E-state index contributed by atoms with van der Waals surface area (Å²) in [5, 5.41) is 3.46. The minimum atomic E-state index is 0.744. The molecule has 1 aliphatic carbocycles. The van der Waals surface area contributed by atoms with Gasteiger partial charge in [0.1, 0.15) is 5.82 Å². The van der Waals surface area contributed by atoms with Crippen LogP contribution in [0.2, 0.25) is 0 Å². The van der Waals surface area contributed by atoms with Gasteiger partial charge in [0.2, 0.25) is 0 Å². The Hall–Kier alpha value is -0.830. The summed E-state index contributed by atoms with van der Waals surface area (Å²) in [5.41, 5.74) is 0. The van der Waals surface area contributed by atoms with Gasteiger partial charge in [-0.15, -0.1) is 0 Å². The number of aromatic nitrogens is 2. The highest BCUT2D eigenvalue weighted by Gasteiger charge is 2.25. The Bertz CT molecular complexity index is 332. The van der Waals surface area contributed by atoms with E-state index in [1.807, 2.05) is 6.20 Å². The van der Waals surface area contributed by atoms with Crippen molar-refractivity contribution in [1.82, 2.24) is 14.9 Å². The van der Waals surface area contributed by atoms with E-state index >= 15 is 0 Å². The van der Waals surface area contributed by atoms with Crippen molar-refractivity contribution in [3.8, 4) is 0 Å². The molecule has 0 amide bonds. The molecule has 2 unspecified atom stereocenters. The largest absolute Gasteiger partial charge is 0.335 e. The average molecular weight is 235 g/mol. The number of nitrogens with one attached hydrogen (secondary N) is 1. The van der Waals surface area contributed by atoms with Gasteiger partial charge in [-0.1, -0.05) is 13.3 Å². The van der Waals surface area contributed by atoms with Crippen molar-refractivity contribution < 1.29 is 0 Å². The average Bonchev–Trinajstić information content (AvgIpc) is 2.95. The third kappa shape index (κ3) is 3.09. The second-order valence-electron chi connectivity index (χ2n) is 5.16. The molecule has 1 aliphatic rings. The zero-order chi connectivity index (χ0) is 12.1. The van der Waals surface area contributed by atoms with Crippen LogP contribution in [-0.4, -0.2) is 22.6 Å². The van der Waals surface area contributed by atoms with Crippen molar-refractivity contribution in [1.29, 1.82) is 0 Å². The van der Waals surface area contributed by atoms with Crippen molar-refractivity contribution in [2.24, 2.45) is 5.92 Å². The highest BCUT2D eigenvalue weighted by molar-refractivity contribution is 4.93. The van der Waals surface area contributed by atoms with Gasteiger partial charge in [-0.05, 0) is 38.6 Å². The zero-order valence-corrected chi connectivity index (χ0v) is 11.2. The van der Waals surface area contributed by atoms with Gasteiger partial charge in [0.25, 0.3) is 0 Å². The van der Waals surface area contributed by atoms with E-state index in [1.165, 1.54) is 37.9 Å². The lowest BCUT2D eigenvalue weighted by molar-refractivity contribution is 0.375. The molecule has 1 aromatic rings. The number of hydrogen-bond donors (Lipinski definition) is 1. The fraction of sp³-hybridized carbons (Fsp3) is 0.786. The van der Waals surface area contributed by atoms with Crippen LogP contribution >= 0.6 is 0 Å². The first-order valence-electron chi connectivity index (χ1n) is 7.02. The fourth-order valence-corrected chi connectivity index (χ4v) is 3.06. The molecule has 0 spiro atoms. The standard InChI is InChI=1S/C14H25N3/c1-3-5-14-16-9-11-17(14)10-8-12-6-4-7-13(12)15-2/h9,11-13,15H,3-8,10H2,1-2H3. The third-order valence-corrected chi connectivity index (χ3v) is 4.05. The first kappa shape index (κ1) is 12.6. The predicted molar refractivity (Wildman–Crippen MR) is 71.0 cm³/mol. The molecular weight excluding hydrogens is 210 g/mol. The molecule has 3 heteroatoms. The molecule has 2 rings (SSSR count). The molecule has 0 aromatic carbocycles. The Balaban J connectivity index is 1.86. The van der Waals surface area contributed by atoms with Crippen LogP contribution in [0.15, 0.2) is 12.4 Å². The van der Waals surface area contributed by atoms with Gasteiger partial charge in [0, 0.05) is 31.4 Å². The lowest BCUT2D eigenvalue weighted by Gasteiger charge is -2.19. The number of nitrogens with zero attached hydrogens (tertiary/aromatic N) is 2. The Morgan fingerprint density at radius 3 is 3.12 bits per heavy atom. The molecule has 1 heterocycles. The summed E-state index contributed by atoms with van der Waals surface area (Å²) in [6.07, 6.45) is 11.8. The zero-order valence-electron chi connectivity index (χ0n) is 11.2. The molecule has 2 atom stereocenters. The Morgan fingerprint density at radius 1 is 1.47 bits per heavy atom. The highest BCUT2D eigenvalue weighted by atomic mass is 15.1. The predicted octanol–water partition coefficient (Wildman–Crippen LogP) is 2.61. The molecule has 3 nitrogen and oxygen atoms in total. The van der Waals surface area contributed by atoms with Crippen molar-refractivity contribution in [3.63, 3.8) is 0 Å². The van der Waals surface area contributed by atoms with E-state index in [0.717, 1.165) is 24.9 Å². The van der Waals surface area contributed by atoms with Gasteiger partial charge in [0.15, 0.2) is 0 Å². The Kier molecular flexibility index (Phi) is 4.60. The maximum absolute atomic E-state index is 4.44. The first-order chi connectivity index (χ1) is 8.35. The molecule has 1 N–H and O–H groups in total. The molecule has 96 valence electrons. The minimum Gasteiger partial charge on any atom is -0.335 e. The molecule has 17 heavy (non-hydrogen) atoms. The second kappa shape index (κ2) is 6.20. The molecule has 1 aromatic heterocycles. The van der Waals surface area contributed by atoms with Crippen molar-refractivity contribution in [2.45, 2.75) is 58.0 Å². The van der Waals surface area contributed by atoms with Crippen LogP contribution in [0.3, 0.4) is 0 Å². The maximum atomic E-state index is 4.44. The molecule has 0 radical (unpaired) electrons. The lowest BCUT2D eigenvalue weighted by atomic mass is 10.00. The summed E-state index contributed by atoms with van der Waals surface area (Å²) in [4.78, 5) is 4.44. The van der Waals surface area contributed by atoms with Crippen LogP contribution < -0.4 is 5.32 Å². The molecule has 0 aliphatic heterocycles. The fourth-order valence-electron chi connectivity index (χ4n) is 3.06. The molecule has 0 saturated heterocycles. The summed E-state index contributed by atoms with van der Waals surface area (Å²) in [7, 11) is 2.10. The van der Waals surface area contributed by atoms with E-state index in [-0.39, 0.29) is 0 Å². The number of imidazole rings is 1. The molecule has 0 bridgehead atoms. The summed E-state index contributed by atoms with van der Waals surface area (Å²) in [6.45, 7) is 3.35. The van der Waals surface area contributed by atoms with Gasteiger partial charge in [-0.3, -0.25) is 0 Å². The van der Waals surface area contributed by atoms with Gasteiger partial charge in [0.05, 0.1) is 0 Å². The normalized spacial score (nSPS) is 24.4. The van der Waals surface area contributed by atoms with Gasteiger partial charge in [-0.25, -0.2) is 4.98 Å². The lowest BCUT2D eigenvalue weighted by Crippen LogP contribution is -2.29. The minimum absolute atomic E-state index is 0.744. The van der Waals surface area contributed by atoms with Crippen molar-refractivity contribution >= 4 is 0 Å². The SMILES string of the molecule is CCCc1nccn1CCC1CCCC1NC. The molecule has 1 saturated carbocycles. The van der Waals surface area contributed by atoms with Crippen LogP contribution in [0.5, 0.6) is 0 Å². The summed E-state index contributed by atoms with van der Waals surface area (Å²) in [5.74, 6) is 2.11. The van der Waals surface area contributed by atoms with E-state index in [4.69, 9.17) is 0 Å². The van der Waals surface area contributed by atoms with Crippen LogP contribution in [0.1, 0.15) is 44.9 Å². The number of rotatable bonds is 6. The van der Waals surface area contributed by atoms with E-state index in [1.54, 1.807) is 0 Å². The quantitative estimate of drug-likeness (QED) is 0.821. The number of hydrogen-bond acceptors (Lipinski definition) is 2. The van der Waals surface area contributed by atoms with E-state index in [9.17, 15) is 0 Å². The Labute approximate surface area is 105 Å². The van der Waals surface area contributed by atoms with Gasteiger partial charge >= 0.3 is 0 Å². The monoisotopic (exact) mass is 235 g/mol. The van der Waals surface area contributed by atoms with Gasteiger partial charge < -0.3 is 9.88 Å². The highest BCUT2D eigenvalue weighted by Crippen LogP contribution is 2.28. The first-order valence-corrected chi connectivity index (χ1v) is 7.02. The smallest absolute Gasteiger partial charge is 0.108 e. The number of aryl methyl sites for hydroxylation is 2. The third-order valence-electron chi connectivity index (χ3n) is 4.05.